The van der Waals surface area contributed by atoms with Crippen molar-refractivity contribution >= 4 is 39.1 Å². The molecule has 0 spiro atoms. The number of carbonyl (C=O) groups excluding carboxylic acids is 2. The number of unbranched alkanes of at least 4 members (excludes halogenated alkanes) is 1. The molecule has 0 heterocycles. The van der Waals surface area contributed by atoms with Crippen LogP contribution in [0, 0.1) is 13.8 Å². The number of hydrogen-bond donors (Lipinski definition) is 1. The van der Waals surface area contributed by atoms with Crippen molar-refractivity contribution in [2.75, 3.05) is 17.4 Å². The fourth-order valence-electron chi connectivity index (χ4n) is 4.19. The summed E-state index contributed by atoms with van der Waals surface area (Å²) in [6.45, 7) is 7.50. The molecule has 2 amide bonds. The maximum absolute atomic E-state index is 14.0. The summed E-state index contributed by atoms with van der Waals surface area (Å²) in [5.74, 6) is -0.794. The Balaban J connectivity index is 2.04. The second-order valence-corrected chi connectivity index (χ2v) is 11.7. The Morgan fingerprint density at radius 3 is 2.28 bits per heavy atom. The minimum atomic E-state index is -4.14. The van der Waals surface area contributed by atoms with E-state index in [9.17, 15) is 18.0 Å². The lowest BCUT2D eigenvalue weighted by Crippen LogP contribution is -2.51. The number of anilines is 1. The van der Waals surface area contributed by atoms with E-state index in [0.29, 0.717) is 22.8 Å². The lowest BCUT2D eigenvalue weighted by Gasteiger charge is -2.32. The van der Waals surface area contributed by atoms with Gasteiger partial charge in [-0.05, 0) is 68.1 Å². The van der Waals surface area contributed by atoms with Crippen LogP contribution < -0.4 is 9.62 Å². The molecule has 3 rings (SSSR count). The van der Waals surface area contributed by atoms with Crippen LogP contribution in [0.2, 0.25) is 5.02 Å². The van der Waals surface area contributed by atoms with Gasteiger partial charge >= 0.3 is 0 Å². The highest BCUT2D eigenvalue weighted by Gasteiger charge is 2.33. The third kappa shape index (κ3) is 7.40. The average Bonchev–Trinajstić information content (AvgIpc) is 2.93. The highest BCUT2D eigenvalue weighted by molar-refractivity contribution is 7.92. The largest absolute Gasteiger partial charge is 0.354 e. The molecule has 208 valence electrons. The molecule has 0 fully saturated rings. The Kier molecular flexibility index (Phi) is 10.5. The third-order valence-corrected chi connectivity index (χ3v) is 8.90. The molecule has 0 aliphatic rings. The number of hydrogen-bond acceptors (Lipinski definition) is 4. The summed E-state index contributed by atoms with van der Waals surface area (Å²) in [7, 11) is -4.14. The summed E-state index contributed by atoms with van der Waals surface area (Å²) in [5, 5.41) is 3.28. The first-order valence-corrected chi connectivity index (χ1v) is 14.8. The van der Waals surface area contributed by atoms with Crippen molar-refractivity contribution in [1.29, 1.82) is 0 Å². The maximum Gasteiger partial charge on any atom is 0.264 e. The third-order valence-electron chi connectivity index (χ3n) is 6.72. The average molecular weight is 570 g/mol. The lowest BCUT2D eigenvalue weighted by molar-refractivity contribution is -0.139. The Hall–Kier alpha value is -3.36. The highest BCUT2D eigenvalue weighted by Crippen LogP contribution is 2.31. The number of aryl methyl sites for hydroxylation is 1. The topological polar surface area (TPSA) is 86.8 Å². The summed E-state index contributed by atoms with van der Waals surface area (Å²) >= 11 is 6.36. The van der Waals surface area contributed by atoms with Crippen molar-refractivity contribution in [3.63, 3.8) is 0 Å². The molecule has 0 saturated heterocycles. The van der Waals surface area contributed by atoms with Crippen LogP contribution in [-0.4, -0.2) is 44.3 Å². The van der Waals surface area contributed by atoms with Crippen molar-refractivity contribution in [1.82, 2.24) is 10.2 Å². The van der Waals surface area contributed by atoms with Crippen LogP contribution in [-0.2, 0) is 26.2 Å². The van der Waals surface area contributed by atoms with E-state index in [2.05, 4.69) is 5.32 Å². The van der Waals surface area contributed by atoms with Gasteiger partial charge in [-0.3, -0.25) is 13.9 Å². The van der Waals surface area contributed by atoms with Gasteiger partial charge in [0.25, 0.3) is 10.0 Å². The molecule has 0 saturated carbocycles. The van der Waals surface area contributed by atoms with Gasteiger partial charge in [0.2, 0.25) is 11.8 Å². The van der Waals surface area contributed by atoms with Crippen LogP contribution in [0.25, 0.3) is 0 Å². The SMILES string of the molecule is CCCCNC(=O)[C@H](C)N(Cc1ccccc1C)C(=O)CN(c1cccc(Cl)c1C)S(=O)(=O)c1ccccc1. The second kappa shape index (κ2) is 13.6. The van der Waals surface area contributed by atoms with E-state index in [1.54, 1.807) is 50.2 Å². The van der Waals surface area contributed by atoms with E-state index in [4.69, 9.17) is 11.6 Å². The number of nitrogens with zero attached hydrogens (tertiary/aromatic N) is 2. The summed E-state index contributed by atoms with van der Waals surface area (Å²) in [4.78, 5) is 28.5. The molecule has 1 N–H and O–H groups in total. The molecular formula is C30H36ClN3O4S. The molecule has 1 atom stereocenters. The Labute approximate surface area is 236 Å². The maximum atomic E-state index is 14.0. The van der Waals surface area contributed by atoms with Gasteiger partial charge in [-0.25, -0.2) is 8.42 Å². The van der Waals surface area contributed by atoms with E-state index >= 15 is 0 Å². The zero-order valence-electron chi connectivity index (χ0n) is 22.9. The number of benzene rings is 3. The van der Waals surface area contributed by atoms with Gasteiger partial charge in [0.05, 0.1) is 10.6 Å². The van der Waals surface area contributed by atoms with Crippen LogP contribution in [0.4, 0.5) is 5.69 Å². The molecule has 0 bridgehead atoms. The molecule has 0 aliphatic heterocycles. The zero-order chi connectivity index (χ0) is 28.6. The second-order valence-electron chi connectivity index (χ2n) is 9.48. The summed E-state index contributed by atoms with van der Waals surface area (Å²) in [6.07, 6.45) is 1.74. The number of halogens is 1. The first-order valence-electron chi connectivity index (χ1n) is 13.0. The predicted molar refractivity (Wildman–Crippen MR) is 156 cm³/mol. The Morgan fingerprint density at radius 2 is 1.62 bits per heavy atom. The van der Waals surface area contributed by atoms with Crippen LogP contribution in [0.15, 0.2) is 77.7 Å². The van der Waals surface area contributed by atoms with Crippen LogP contribution in [0.5, 0.6) is 0 Å². The lowest BCUT2D eigenvalue weighted by atomic mass is 10.1. The van der Waals surface area contributed by atoms with E-state index in [1.165, 1.54) is 17.0 Å². The molecule has 3 aromatic carbocycles. The molecule has 0 aromatic heterocycles. The fraction of sp³-hybridized carbons (Fsp3) is 0.333. The van der Waals surface area contributed by atoms with Gasteiger partial charge in [0, 0.05) is 18.1 Å². The van der Waals surface area contributed by atoms with Gasteiger partial charge in [0.1, 0.15) is 12.6 Å². The zero-order valence-corrected chi connectivity index (χ0v) is 24.4. The monoisotopic (exact) mass is 569 g/mol. The van der Waals surface area contributed by atoms with Gasteiger partial charge in [-0.1, -0.05) is 73.5 Å². The first-order chi connectivity index (χ1) is 18.6. The summed E-state index contributed by atoms with van der Waals surface area (Å²) in [6, 6.07) is 19.7. The van der Waals surface area contributed by atoms with Gasteiger partial charge in [-0.2, -0.15) is 0 Å². The normalized spacial score (nSPS) is 12.0. The van der Waals surface area contributed by atoms with Gasteiger partial charge in [-0.15, -0.1) is 0 Å². The standard InChI is InChI=1S/C30H36ClN3O4S/c1-5-6-19-32-30(36)24(4)33(20-25-14-11-10-13-22(25)2)29(35)21-34(28-18-12-17-27(31)23(28)3)39(37,38)26-15-8-7-9-16-26/h7-18,24H,5-6,19-21H2,1-4H3,(H,32,36)/t24-/m0/s1. The van der Waals surface area contributed by atoms with Crippen molar-refractivity contribution < 1.29 is 18.0 Å². The van der Waals surface area contributed by atoms with Gasteiger partial charge < -0.3 is 10.2 Å². The number of rotatable bonds is 12. The highest BCUT2D eigenvalue weighted by atomic mass is 35.5. The number of sulfonamides is 1. The van der Waals surface area contributed by atoms with Crippen molar-refractivity contribution in [2.45, 2.75) is 58.0 Å². The first kappa shape index (κ1) is 30.2. The van der Waals surface area contributed by atoms with E-state index in [-0.39, 0.29) is 17.3 Å². The molecule has 0 unspecified atom stereocenters. The van der Waals surface area contributed by atoms with Crippen LogP contribution in [0.3, 0.4) is 0 Å². The molecule has 7 nitrogen and oxygen atoms in total. The Morgan fingerprint density at radius 1 is 0.949 bits per heavy atom. The summed E-state index contributed by atoms with van der Waals surface area (Å²) in [5.41, 5.74) is 2.67. The molecule has 9 heteroatoms. The van der Waals surface area contributed by atoms with Crippen LogP contribution in [0.1, 0.15) is 43.4 Å². The minimum Gasteiger partial charge on any atom is -0.354 e. The number of carbonyl (C=O) groups is 2. The van der Waals surface area contributed by atoms with Crippen molar-refractivity contribution in [3.8, 4) is 0 Å². The number of amides is 2. The molecule has 3 aromatic rings. The van der Waals surface area contributed by atoms with E-state index in [0.717, 1.165) is 28.3 Å². The molecular weight excluding hydrogens is 534 g/mol. The predicted octanol–water partition coefficient (Wildman–Crippen LogP) is 5.49. The quantitative estimate of drug-likeness (QED) is 0.292. The van der Waals surface area contributed by atoms with E-state index in [1.807, 2.05) is 38.1 Å². The minimum absolute atomic E-state index is 0.0491. The van der Waals surface area contributed by atoms with Gasteiger partial charge in [0.15, 0.2) is 0 Å². The Bertz CT molecular complexity index is 1400. The van der Waals surface area contributed by atoms with Crippen molar-refractivity contribution in [2.24, 2.45) is 0 Å². The van der Waals surface area contributed by atoms with Crippen molar-refractivity contribution in [3.05, 3.63) is 94.5 Å². The smallest absolute Gasteiger partial charge is 0.264 e. The molecule has 39 heavy (non-hydrogen) atoms. The number of nitrogens with one attached hydrogen (secondary N) is 1. The summed E-state index contributed by atoms with van der Waals surface area (Å²) < 4.78 is 28.8. The molecule has 0 aliphatic carbocycles. The van der Waals surface area contributed by atoms with E-state index < -0.39 is 28.5 Å². The molecule has 0 radical (unpaired) electrons. The van der Waals surface area contributed by atoms with Crippen LogP contribution >= 0.6 is 11.6 Å². The fourth-order valence-corrected chi connectivity index (χ4v) is 5.85.